The van der Waals surface area contributed by atoms with Crippen LogP contribution in [0.3, 0.4) is 0 Å². The molecule has 0 N–H and O–H groups in total. The molecular formula is C18H23NO4. The van der Waals surface area contributed by atoms with Crippen LogP contribution in [-0.4, -0.2) is 50.8 Å². The predicted molar refractivity (Wildman–Crippen MR) is 87.4 cm³/mol. The van der Waals surface area contributed by atoms with Crippen LogP contribution in [0.2, 0.25) is 0 Å². The van der Waals surface area contributed by atoms with Crippen molar-refractivity contribution in [2.45, 2.75) is 12.8 Å². The molecule has 2 rings (SSSR count). The van der Waals surface area contributed by atoms with Crippen molar-refractivity contribution in [2.24, 2.45) is 5.92 Å². The minimum absolute atomic E-state index is 0.0174. The number of hydrogen-bond donors (Lipinski definition) is 0. The molecule has 0 radical (unpaired) electrons. The predicted octanol–water partition coefficient (Wildman–Crippen LogP) is 1.96. The molecule has 1 saturated heterocycles. The van der Waals surface area contributed by atoms with Crippen LogP contribution in [0.4, 0.5) is 0 Å². The van der Waals surface area contributed by atoms with Gasteiger partial charge in [-0.25, -0.2) is 0 Å². The largest absolute Gasteiger partial charge is 0.497 e. The fourth-order valence-electron chi connectivity index (χ4n) is 2.54. The Morgan fingerprint density at radius 1 is 1.26 bits per heavy atom. The van der Waals surface area contributed by atoms with E-state index in [4.69, 9.17) is 20.6 Å². The lowest BCUT2D eigenvalue weighted by atomic mass is 9.98. The third kappa shape index (κ3) is 5.50. The third-order valence-corrected chi connectivity index (χ3v) is 3.93. The first-order valence-corrected chi connectivity index (χ1v) is 7.78. The highest BCUT2D eigenvalue weighted by molar-refractivity contribution is 5.77. The molecule has 124 valence electrons. The monoisotopic (exact) mass is 317 g/mol. The molecule has 23 heavy (non-hydrogen) atoms. The summed E-state index contributed by atoms with van der Waals surface area (Å²) in [7, 11) is 1.61. The van der Waals surface area contributed by atoms with E-state index in [2.05, 4.69) is 5.92 Å². The Labute approximate surface area is 137 Å². The molecule has 5 heteroatoms. The fourth-order valence-corrected chi connectivity index (χ4v) is 2.54. The second kappa shape index (κ2) is 9.06. The Kier molecular flexibility index (Phi) is 6.76. The lowest BCUT2D eigenvalue weighted by Gasteiger charge is -2.31. The standard InChI is InChI=1S/C18H23NO4/c1-3-12-22-13-15-8-10-19(11-9-15)18(20)14-23-17-6-4-16(21-2)5-7-17/h1,4-7,15H,8-14H2,2H3. The molecule has 1 heterocycles. The quantitative estimate of drug-likeness (QED) is 0.570. The zero-order chi connectivity index (χ0) is 16.5. The average molecular weight is 317 g/mol. The van der Waals surface area contributed by atoms with Gasteiger partial charge in [-0.05, 0) is 43.0 Å². The number of hydrogen-bond acceptors (Lipinski definition) is 4. The topological polar surface area (TPSA) is 48.0 Å². The number of terminal acetylenes is 1. The van der Waals surface area contributed by atoms with E-state index in [1.54, 1.807) is 19.2 Å². The van der Waals surface area contributed by atoms with Crippen LogP contribution >= 0.6 is 0 Å². The number of nitrogens with zero attached hydrogens (tertiary/aromatic N) is 1. The Balaban J connectivity index is 1.69. The summed E-state index contributed by atoms with van der Waals surface area (Å²) in [6.45, 7) is 2.58. The maximum absolute atomic E-state index is 12.2. The van der Waals surface area contributed by atoms with Crippen molar-refractivity contribution in [1.82, 2.24) is 4.90 Å². The molecule has 1 aliphatic rings. The summed E-state index contributed by atoms with van der Waals surface area (Å²) in [5, 5.41) is 0. The second-order valence-electron chi connectivity index (χ2n) is 5.51. The maximum atomic E-state index is 12.2. The van der Waals surface area contributed by atoms with E-state index in [1.165, 1.54) is 0 Å². The van der Waals surface area contributed by atoms with Gasteiger partial charge < -0.3 is 19.1 Å². The van der Waals surface area contributed by atoms with E-state index in [-0.39, 0.29) is 12.5 Å². The van der Waals surface area contributed by atoms with Crippen molar-refractivity contribution < 1.29 is 19.0 Å². The smallest absolute Gasteiger partial charge is 0.260 e. The summed E-state index contributed by atoms with van der Waals surface area (Å²) in [6, 6.07) is 7.20. The first-order chi connectivity index (χ1) is 11.2. The first kappa shape index (κ1) is 17.2. The van der Waals surface area contributed by atoms with E-state index in [1.807, 2.05) is 17.0 Å². The highest BCUT2D eigenvalue weighted by atomic mass is 16.5. The minimum Gasteiger partial charge on any atom is -0.497 e. The molecule has 1 aromatic rings. The lowest BCUT2D eigenvalue weighted by Crippen LogP contribution is -2.41. The number of piperidine rings is 1. The second-order valence-corrected chi connectivity index (χ2v) is 5.51. The highest BCUT2D eigenvalue weighted by Crippen LogP contribution is 2.19. The molecule has 1 aromatic carbocycles. The average Bonchev–Trinajstić information content (AvgIpc) is 2.61. The van der Waals surface area contributed by atoms with Crippen LogP contribution in [0.1, 0.15) is 12.8 Å². The van der Waals surface area contributed by atoms with Crippen LogP contribution in [0.5, 0.6) is 11.5 Å². The van der Waals surface area contributed by atoms with E-state index < -0.39 is 0 Å². The molecule has 0 aromatic heterocycles. The summed E-state index contributed by atoms with van der Waals surface area (Å²) in [5.74, 6) is 4.39. The molecule has 1 aliphatic heterocycles. The third-order valence-electron chi connectivity index (χ3n) is 3.93. The van der Waals surface area contributed by atoms with Gasteiger partial charge >= 0.3 is 0 Å². The summed E-state index contributed by atoms with van der Waals surface area (Å²) >= 11 is 0. The van der Waals surface area contributed by atoms with Gasteiger partial charge in [0, 0.05) is 13.1 Å². The molecule has 0 aliphatic carbocycles. The zero-order valence-corrected chi connectivity index (χ0v) is 13.5. The molecule has 0 atom stereocenters. The number of benzene rings is 1. The summed E-state index contributed by atoms with van der Waals surface area (Å²) in [4.78, 5) is 14.0. The Morgan fingerprint density at radius 2 is 1.91 bits per heavy atom. The van der Waals surface area contributed by atoms with E-state index in [0.29, 0.717) is 24.9 Å². The molecule has 1 amide bonds. The number of likely N-dealkylation sites (tertiary alicyclic amines) is 1. The lowest BCUT2D eigenvalue weighted by molar-refractivity contribution is -0.135. The van der Waals surface area contributed by atoms with Gasteiger partial charge in [0.1, 0.15) is 18.1 Å². The van der Waals surface area contributed by atoms with E-state index >= 15 is 0 Å². The highest BCUT2D eigenvalue weighted by Gasteiger charge is 2.23. The van der Waals surface area contributed by atoms with Crippen LogP contribution in [0, 0.1) is 18.3 Å². The number of carbonyl (C=O) groups is 1. The molecule has 5 nitrogen and oxygen atoms in total. The van der Waals surface area contributed by atoms with Crippen molar-refractivity contribution in [3.05, 3.63) is 24.3 Å². The van der Waals surface area contributed by atoms with Gasteiger partial charge in [-0.1, -0.05) is 5.92 Å². The van der Waals surface area contributed by atoms with Crippen LogP contribution in [0.15, 0.2) is 24.3 Å². The first-order valence-electron chi connectivity index (χ1n) is 7.78. The summed E-state index contributed by atoms with van der Waals surface area (Å²) in [5.41, 5.74) is 0. The number of carbonyl (C=O) groups excluding carboxylic acids is 1. The minimum atomic E-state index is 0.0174. The molecule has 0 saturated carbocycles. The van der Waals surface area contributed by atoms with Gasteiger partial charge in [-0.3, -0.25) is 4.79 Å². The Bertz CT molecular complexity index is 527. The van der Waals surface area contributed by atoms with E-state index in [0.717, 1.165) is 31.7 Å². The number of amides is 1. The SMILES string of the molecule is C#CCOCC1CCN(C(=O)COc2ccc(OC)cc2)CC1. The van der Waals surface area contributed by atoms with Gasteiger partial charge in [0.25, 0.3) is 5.91 Å². The summed E-state index contributed by atoms with van der Waals surface area (Å²) in [6.07, 6.45) is 7.04. The van der Waals surface area contributed by atoms with Gasteiger partial charge in [-0.15, -0.1) is 6.42 Å². The van der Waals surface area contributed by atoms with Crippen molar-refractivity contribution in [2.75, 3.05) is 40.0 Å². The van der Waals surface area contributed by atoms with Gasteiger partial charge in [0.2, 0.25) is 0 Å². The molecule has 0 spiro atoms. The zero-order valence-electron chi connectivity index (χ0n) is 13.5. The normalized spacial score (nSPS) is 15.0. The van der Waals surface area contributed by atoms with E-state index in [9.17, 15) is 4.79 Å². The van der Waals surface area contributed by atoms with Crippen LogP contribution < -0.4 is 9.47 Å². The van der Waals surface area contributed by atoms with Crippen molar-refractivity contribution in [3.63, 3.8) is 0 Å². The number of rotatable bonds is 7. The number of ether oxygens (including phenoxy) is 3. The van der Waals surface area contributed by atoms with Crippen molar-refractivity contribution in [3.8, 4) is 23.8 Å². The molecule has 1 fully saturated rings. The molecular weight excluding hydrogens is 294 g/mol. The Morgan fingerprint density at radius 3 is 2.52 bits per heavy atom. The van der Waals surface area contributed by atoms with Gasteiger partial charge in [0.15, 0.2) is 6.61 Å². The van der Waals surface area contributed by atoms with Crippen LogP contribution in [-0.2, 0) is 9.53 Å². The maximum Gasteiger partial charge on any atom is 0.260 e. The van der Waals surface area contributed by atoms with Gasteiger partial charge in [0.05, 0.1) is 13.7 Å². The fraction of sp³-hybridized carbons (Fsp3) is 0.500. The van der Waals surface area contributed by atoms with Crippen LogP contribution in [0.25, 0.3) is 0 Å². The Hall–Kier alpha value is -2.19. The van der Waals surface area contributed by atoms with Crippen molar-refractivity contribution in [1.29, 1.82) is 0 Å². The summed E-state index contributed by atoms with van der Waals surface area (Å²) < 4.78 is 16.0. The molecule has 0 bridgehead atoms. The number of methoxy groups -OCH3 is 1. The van der Waals surface area contributed by atoms with Gasteiger partial charge in [-0.2, -0.15) is 0 Å². The molecule has 0 unspecified atom stereocenters. The van der Waals surface area contributed by atoms with Crippen molar-refractivity contribution >= 4 is 5.91 Å².